The van der Waals surface area contributed by atoms with E-state index in [2.05, 4.69) is 10.6 Å². The molecule has 0 saturated carbocycles. The second-order valence-corrected chi connectivity index (χ2v) is 4.12. The maximum Gasteiger partial charge on any atom is 0.227 e. The highest BCUT2D eigenvalue weighted by atomic mass is 35.5. The molecule has 5 heteroatoms. The minimum Gasteiger partial charge on any atom is -0.493 e. The minimum atomic E-state index is -0.0724. The summed E-state index contributed by atoms with van der Waals surface area (Å²) in [4.78, 5) is 12.0. The fourth-order valence-corrected chi connectivity index (χ4v) is 2.05. The summed E-state index contributed by atoms with van der Waals surface area (Å²) < 4.78 is 5.54. The predicted molar refractivity (Wildman–Crippen MR) is 73.5 cm³/mol. The third-order valence-corrected chi connectivity index (χ3v) is 2.95. The molecule has 1 unspecified atom stereocenters. The van der Waals surface area contributed by atoms with Crippen molar-refractivity contribution < 1.29 is 9.53 Å². The molecule has 1 aliphatic heterocycles. The second kappa shape index (κ2) is 7.24. The number of likely N-dealkylation sites (N-methyl/N-ethyl adjacent to an activating group) is 1. The van der Waals surface area contributed by atoms with Gasteiger partial charge in [0.1, 0.15) is 5.75 Å². The quantitative estimate of drug-likeness (QED) is 0.811. The van der Waals surface area contributed by atoms with E-state index in [4.69, 9.17) is 4.74 Å². The summed E-state index contributed by atoms with van der Waals surface area (Å²) >= 11 is 0. The topological polar surface area (TPSA) is 50.4 Å². The van der Waals surface area contributed by atoms with E-state index in [1.54, 1.807) is 0 Å². The first kappa shape index (κ1) is 14.8. The first-order valence-electron chi connectivity index (χ1n) is 5.97. The lowest BCUT2D eigenvalue weighted by atomic mass is 9.92. The molecule has 0 radical (unpaired) electrons. The van der Waals surface area contributed by atoms with E-state index in [1.165, 1.54) is 0 Å². The molecule has 1 aliphatic rings. The van der Waals surface area contributed by atoms with E-state index in [1.807, 2.05) is 31.3 Å². The Morgan fingerprint density at radius 1 is 1.39 bits per heavy atom. The van der Waals surface area contributed by atoms with Crippen LogP contribution < -0.4 is 15.4 Å². The van der Waals surface area contributed by atoms with Crippen LogP contribution in [0.2, 0.25) is 0 Å². The van der Waals surface area contributed by atoms with E-state index >= 15 is 0 Å². The standard InChI is InChI=1S/C13H18N2O2.ClH/c1-14-7-8-15-13(16)11-6-9-17-12-5-3-2-4-10(11)12;/h2-5,11,14H,6-9H2,1H3,(H,15,16);1H. The third kappa shape index (κ3) is 3.37. The highest BCUT2D eigenvalue weighted by Crippen LogP contribution is 2.33. The molecule has 18 heavy (non-hydrogen) atoms. The number of amides is 1. The van der Waals surface area contributed by atoms with Crippen LogP contribution in [0.4, 0.5) is 0 Å². The lowest BCUT2D eigenvalue weighted by Crippen LogP contribution is -2.35. The molecule has 0 bridgehead atoms. The zero-order chi connectivity index (χ0) is 12.1. The highest BCUT2D eigenvalue weighted by Gasteiger charge is 2.26. The largest absolute Gasteiger partial charge is 0.493 e. The number of hydrogen-bond donors (Lipinski definition) is 2. The molecule has 1 aromatic rings. The molecule has 1 atom stereocenters. The van der Waals surface area contributed by atoms with Gasteiger partial charge in [-0.2, -0.15) is 0 Å². The van der Waals surface area contributed by atoms with Crippen molar-refractivity contribution in [1.82, 2.24) is 10.6 Å². The average molecular weight is 271 g/mol. The first-order valence-corrected chi connectivity index (χ1v) is 5.97. The minimum absolute atomic E-state index is 0. The number of halogens is 1. The van der Waals surface area contributed by atoms with Gasteiger partial charge in [-0.15, -0.1) is 12.4 Å². The van der Waals surface area contributed by atoms with Crippen molar-refractivity contribution in [1.29, 1.82) is 0 Å². The van der Waals surface area contributed by atoms with E-state index in [0.717, 1.165) is 24.3 Å². The number of fused-ring (bicyclic) bond motifs is 1. The molecule has 0 aliphatic carbocycles. The molecular weight excluding hydrogens is 252 g/mol. The number of carbonyl (C=O) groups is 1. The van der Waals surface area contributed by atoms with E-state index in [-0.39, 0.29) is 24.2 Å². The van der Waals surface area contributed by atoms with Crippen molar-refractivity contribution in [3.63, 3.8) is 0 Å². The zero-order valence-corrected chi connectivity index (χ0v) is 11.3. The molecule has 0 fully saturated rings. The Kier molecular flexibility index (Phi) is 5.95. The van der Waals surface area contributed by atoms with Crippen molar-refractivity contribution in [2.45, 2.75) is 12.3 Å². The van der Waals surface area contributed by atoms with Crippen molar-refractivity contribution in [3.8, 4) is 5.75 Å². The number of nitrogens with one attached hydrogen (secondary N) is 2. The molecule has 0 aromatic heterocycles. The van der Waals surface area contributed by atoms with Gasteiger partial charge >= 0.3 is 0 Å². The molecule has 0 spiro atoms. The molecule has 0 saturated heterocycles. The molecule has 2 rings (SSSR count). The van der Waals surface area contributed by atoms with Crippen LogP contribution in [-0.4, -0.2) is 32.7 Å². The van der Waals surface area contributed by atoms with Gasteiger partial charge in [0.05, 0.1) is 12.5 Å². The van der Waals surface area contributed by atoms with E-state index < -0.39 is 0 Å². The number of rotatable bonds is 4. The predicted octanol–water partition coefficient (Wildman–Crippen LogP) is 1.31. The van der Waals surface area contributed by atoms with Gasteiger partial charge in [-0.3, -0.25) is 4.79 Å². The average Bonchev–Trinajstić information content (AvgIpc) is 2.38. The van der Waals surface area contributed by atoms with E-state index in [0.29, 0.717) is 13.2 Å². The zero-order valence-electron chi connectivity index (χ0n) is 10.4. The summed E-state index contributed by atoms with van der Waals surface area (Å²) in [6, 6.07) is 7.76. The van der Waals surface area contributed by atoms with Gasteiger partial charge in [0.15, 0.2) is 0 Å². The third-order valence-electron chi connectivity index (χ3n) is 2.95. The number of benzene rings is 1. The summed E-state index contributed by atoms with van der Waals surface area (Å²) in [5, 5.41) is 5.94. The molecule has 4 nitrogen and oxygen atoms in total. The monoisotopic (exact) mass is 270 g/mol. The summed E-state index contributed by atoms with van der Waals surface area (Å²) in [5.74, 6) is 0.861. The fraction of sp³-hybridized carbons (Fsp3) is 0.462. The Hall–Kier alpha value is -1.26. The number of para-hydroxylation sites is 1. The number of hydrogen-bond acceptors (Lipinski definition) is 3. The van der Waals surface area contributed by atoms with Crippen molar-refractivity contribution in [3.05, 3.63) is 29.8 Å². The van der Waals surface area contributed by atoms with Gasteiger partial charge in [0.25, 0.3) is 0 Å². The molecular formula is C13H19ClN2O2. The second-order valence-electron chi connectivity index (χ2n) is 4.12. The SMILES string of the molecule is CNCCNC(=O)C1CCOc2ccccc21.Cl. The summed E-state index contributed by atoms with van der Waals surface area (Å²) in [5.41, 5.74) is 1.00. The van der Waals surface area contributed by atoms with Crippen LogP contribution in [0.3, 0.4) is 0 Å². The normalized spacial score (nSPS) is 17.1. The van der Waals surface area contributed by atoms with Gasteiger partial charge in [-0.25, -0.2) is 0 Å². The van der Waals surface area contributed by atoms with Gasteiger partial charge in [0.2, 0.25) is 5.91 Å². The first-order chi connectivity index (χ1) is 8.33. The van der Waals surface area contributed by atoms with Gasteiger partial charge < -0.3 is 15.4 Å². The number of carbonyl (C=O) groups excluding carboxylic acids is 1. The maximum atomic E-state index is 12.0. The highest BCUT2D eigenvalue weighted by molar-refractivity contribution is 5.85. The summed E-state index contributed by atoms with van der Waals surface area (Å²) in [6.07, 6.45) is 0.752. The van der Waals surface area contributed by atoms with Crippen molar-refractivity contribution in [2.24, 2.45) is 0 Å². The Morgan fingerprint density at radius 2 is 2.17 bits per heavy atom. The van der Waals surface area contributed by atoms with Gasteiger partial charge in [-0.1, -0.05) is 18.2 Å². The summed E-state index contributed by atoms with van der Waals surface area (Å²) in [6.45, 7) is 2.06. The Morgan fingerprint density at radius 3 is 2.94 bits per heavy atom. The smallest absolute Gasteiger partial charge is 0.227 e. The van der Waals surface area contributed by atoms with Crippen LogP contribution >= 0.6 is 12.4 Å². The molecule has 100 valence electrons. The van der Waals surface area contributed by atoms with Crippen molar-refractivity contribution in [2.75, 3.05) is 26.7 Å². The summed E-state index contributed by atoms with van der Waals surface area (Å²) in [7, 11) is 1.87. The number of ether oxygens (including phenoxy) is 1. The van der Waals surface area contributed by atoms with Crippen LogP contribution in [0, 0.1) is 0 Å². The molecule has 1 amide bonds. The van der Waals surface area contributed by atoms with Crippen LogP contribution in [0.25, 0.3) is 0 Å². The van der Waals surface area contributed by atoms with Gasteiger partial charge in [0, 0.05) is 18.7 Å². The Balaban J connectivity index is 0.00000162. The van der Waals surface area contributed by atoms with Gasteiger partial charge in [-0.05, 0) is 19.5 Å². The van der Waals surface area contributed by atoms with Crippen molar-refractivity contribution >= 4 is 18.3 Å². The molecule has 2 N–H and O–H groups in total. The fourth-order valence-electron chi connectivity index (χ4n) is 2.05. The van der Waals surface area contributed by atoms with Crippen LogP contribution in [0.1, 0.15) is 17.9 Å². The van der Waals surface area contributed by atoms with Crippen LogP contribution in [-0.2, 0) is 4.79 Å². The van der Waals surface area contributed by atoms with Crippen LogP contribution in [0.15, 0.2) is 24.3 Å². The Labute approximate surface area is 114 Å². The Bertz CT molecular complexity index is 398. The van der Waals surface area contributed by atoms with E-state index in [9.17, 15) is 4.79 Å². The maximum absolute atomic E-state index is 12.0. The molecule has 1 aromatic carbocycles. The molecule has 1 heterocycles. The van der Waals surface area contributed by atoms with Crippen LogP contribution in [0.5, 0.6) is 5.75 Å². The lowest BCUT2D eigenvalue weighted by molar-refractivity contribution is -0.123. The lowest BCUT2D eigenvalue weighted by Gasteiger charge is -2.25.